The van der Waals surface area contributed by atoms with E-state index in [1.54, 1.807) is 12.1 Å². The minimum Gasteiger partial charge on any atom is -0.508 e. The quantitative estimate of drug-likeness (QED) is 0.367. The number of aromatic hydroxyl groups is 1. The predicted octanol–water partition coefficient (Wildman–Crippen LogP) is 3.59. The van der Waals surface area contributed by atoms with E-state index in [1.807, 2.05) is 25.1 Å². The zero-order valence-corrected chi connectivity index (χ0v) is 18.9. The minimum atomic E-state index is 0. The number of fused-ring (bicyclic) bond motifs is 1. The fraction of sp³-hybridized carbons (Fsp3) is 0.208. The Labute approximate surface area is 197 Å². The number of nitrogens with two attached hydrogens (primary N) is 1. The second-order valence-electron chi connectivity index (χ2n) is 7.94. The van der Waals surface area contributed by atoms with E-state index in [0.29, 0.717) is 39.2 Å². The van der Waals surface area contributed by atoms with E-state index in [1.165, 1.54) is 0 Å². The van der Waals surface area contributed by atoms with Gasteiger partial charge in [0.25, 0.3) is 0 Å². The van der Waals surface area contributed by atoms with Gasteiger partial charge in [0.05, 0.1) is 16.6 Å². The number of aromatic amines is 1. The van der Waals surface area contributed by atoms with Gasteiger partial charge in [-0.2, -0.15) is 10.4 Å². The van der Waals surface area contributed by atoms with E-state index in [4.69, 9.17) is 5.73 Å². The monoisotopic (exact) mass is 461 g/mol. The Balaban J connectivity index is 0.00000259. The standard InChI is InChI=1S/C24H23N7O.ClH/c1-14-12-16(4-7-19(14)32)22-18(13-25)20(21-23(26)29-30-24(21)28-22)15-2-5-17(6-3-15)31-10-8-27-9-11-31;/h2-7,12,27,32H,8-11H2,1H3,(H3,26,28,29,30);1H. The molecule has 0 aliphatic carbocycles. The number of nitrogens with one attached hydrogen (secondary N) is 2. The largest absolute Gasteiger partial charge is 0.508 e. The van der Waals surface area contributed by atoms with Crippen LogP contribution in [-0.4, -0.2) is 46.5 Å². The molecule has 5 N–H and O–H groups in total. The molecule has 3 heterocycles. The number of halogens is 1. The fourth-order valence-corrected chi connectivity index (χ4v) is 4.25. The third-order valence-corrected chi connectivity index (χ3v) is 5.95. The summed E-state index contributed by atoms with van der Waals surface area (Å²) >= 11 is 0. The van der Waals surface area contributed by atoms with Crippen LogP contribution in [0.3, 0.4) is 0 Å². The number of nitriles is 1. The van der Waals surface area contributed by atoms with Crippen LogP contribution in [0.4, 0.5) is 11.5 Å². The molecule has 1 fully saturated rings. The molecule has 9 heteroatoms. The van der Waals surface area contributed by atoms with Gasteiger partial charge in [-0.15, -0.1) is 12.4 Å². The van der Waals surface area contributed by atoms with Crippen LogP contribution < -0.4 is 16.0 Å². The number of H-pyrrole nitrogens is 1. The highest BCUT2D eigenvalue weighted by molar-refractivity contribution is 6.04. The van der Waals surface area contributed by atoms with Crippen LogP contribution in [0.5, 0.6) is 5.75 Å². The molecule has 0 spiro atoms. The lowest BCUT2D eigenvalue weighted by Crippen LogP contribution is -2.43. The number of rotatable bonds is 3. The van der Waals surface area contributed by atoms with Gasteiger partial charge in [0.1, 0.15) is 17.6 Å². The van der Waals surface area contributed by atoms with Crippen LogP contribution in [0.2, 0.25) is 0 Å². The predicted molar refractivity (Wildman–Crippen MR) is 133 cm³/mol. The molecule has 1 saturated heterocycles. The van der Waals surface area contributed by atoms with Gasteiger partial charge < -0.3 is 21.1 Å². The maximum Gasteiger partial charge on any atom is 0.184 e. The van der Waals surface area contributed by atoms with Gasteiger partial charge in [-0.3, -0.25) is 5.10 Å². The molecule has 168 valence electrons. The van der Waals surface area contributed by atoms with Gasteiger partial charge in [-0.05, 0) is 48.4 Å². The first-order chi connectivity index (χ1) is 15.6. The Morgan fingerprint density at radius 1 is 1.09 bits per heavy atom. The molecule has 8 nitrogen and oxygen atoms in total. The van der Waals surface area contributed by atoms with E-state index < -0.39 is 0 Å². The lowest BCUT2D eigenvalue weighted by atomic mass is 9.93. The van der Waals surface area contributed by atoms with Gasteiger partial charge in [0.15, 0.2) is 5.65 Å². The van der Waals surface area contributed by atoms with Crippen molar-refractivity contribution < 1.29 is 5.11 Å². The van der Waals surface area contributed by atoms with Crippen molar-refractivity contribution in [1.82, 2.24) is 20.5 Å². The number of nitrogen functional groups attached to an aromatic ring is 1. The SMILES string of the molecule is Cc1cc(-c2nc3n[nH]c(N)c3c(-c3ccc(N4CCNCC4)cc3)c2C#N)ccc1O.Cl. The van der Waals surface area contributed by atoms with Gasteiger partial charge in [-0.1, -0.05) is 12.1 Å². The number of phenols is 1. The Kier molecular flexibility index (Phi) is 6.09. The number of nitrogens with zero attached hydrogens (tertiary/aromatic N) is 4. The molecule has 0 atom stereocenters. The van der Waals surface area contributed by atoms with Crippen molar-refractivity contribution in [1.29, 1.82) is 5.26 Å². The van der Waals surface area contributed by atoms with Crippen molar-refractivity contribution in [3.05, 3.63) is 53.6 Å². The number of hydrogen-bond donors (Lipinski definition) is 4. The van der Waals surface area contributed by atoms with Crippen LogP contribution in [-0.2, 0) is 0 Å². The molecular weight excluding hydrogens is 438 g/mol. The van der Waals surface area contributed by atoms with Gasteiger partial charge in [-0.25, -0.2) is 4.98 Å². The number of aryl methyl sites for hydroxylation is 1. The summed E-state index contributed by atoms with van der Waals surface area (Å²) in [5.41, 5.74) is 11.7. The molecule has 4 aromatic rings. The molecule has 5 rings (SSSR count). The number of phenolic OH excluding ortho intramolecular Hbond substituents is 1. The summed E-state index contributed by atoms with van der Waals surface area (Å²) in [6, 6.07) is 15.7. The molecule has 0 unspecified atom stereocenters. The third-order valence-electron chi connectivity index (χ3n) is 5.95. The van der Waals surface area contributed by atoms with Crippen molar-refractivity contribution in [3.8, 4) is 34.2 Å². The van der Waals surface area contributed by atoms with Crippen LogP contribution >= 0.6 is 12.4 Å². The molecule has 0 bridgehead atoms. The molecule has 0 saturated carbocycles. The topological polar surface area (TPSA) is 127 Å². The van der Waals surface area contributed by atoms with Crippen molar-refractivity contribution in [2.75, 3.05) is 36.8 Å². The number of piperazine rings is 1. The van der Waals surface area contributed by atoms with Gasteiger partial charge in [0, 0.05) is 43.0 Å². The molecule has 0 radical (unpaired) electrons. The van der Waals surface area contributed by atoms with Gasteiger partial charge >= 0.3 is 0 Å². The smallest absolute Gasteiger partial charge is 0.184 e. The summed E-state index contributed by atoms with van der Waals surface area (Å²) in [6.45, 7) is 5.66. The van der Waals surface area contributed by atoms with Crippen molar-refractivity contribution in [2.45, 2.75) is 6.92 Å². The first-order valence-corrected chi connectivity index (χ1v) is 10.5. The van der Waals surface area contributed by atoms with E-state index in [0.717, 1.165) is 43.0 Å². The number of pyridine rings is 1. The van der Waals surface area contributed by atoms with Gasteiger partial charge in [0.2, 0.25) is 0 Å². The zero-order chi connectivity index (χ0) is 22.2. The summed E-state index contributed by atoms with van der Waals surface area (Å²) in [6.07, 6.45) is 0. The fourth-order valence-electron chi connectivity index (χ4n) is 4.25. The molecule has 2 aromatic carbocycles. The Morgan fingerprint density at radius 2 is 1.79 bits per heavy atom. The Morgan fingerprint density at radius 3 is 2.45 bits per heavy atom. The second-order valence-corrected chi connectivity index (χ2v) is 7.94. The maximum absolute atomic E-state index is 10.2. The summed E-state index contributed by atoms with van der Waals surface area (Å²) in [5, 5.41) is 31.2. The lowest BCUT2D eigenvalue weighted by Gasteiger charge is -2.29. The highest BCUT2D eigenvalue weighted by Gasteiger charge is 2.22. The second kappa shape index (κ2) is 8.98. The maximum atomic E-state index is 10.2. The highest BCUT2D eigenvalue weighted by atomic mass is 35.5. The lowest BCUT2D eigenvalue weighted by molar-refractivity contribution is 0.471. The molecule has 1 aliphatic rings. The number of benzene rings is 2. The van der Waals surface area contributed by atoms with E-state index in [9.17, 15) is 10.4 Å². The van der Waals surface area contributed by atoms with Crippen molar-refractivity contribution in [3.63, 3.8) is 0 Å². The first-order valence-electron chi connectivity index (χ1n) is 10.5. The van der Waals surface area contributed by atoms with Crippen LogP contribution in [0.25, 0.3) is 33.4 Å². The minimum absolute atomic E-state index is 0. The highest BCUT2D eigenvalue weighted by Crippen LogP contribution is 2.39. The molecular formula is C24H24ClN7O. The summed E-state index contributed by atoms with van der Waals surface area (Å²) in [7, 11) is 0. The van der Waals surface area contributed by atoms with Crippen LogP contribution in [0, 0.1) is 18.3 Å². The average molecular weight is 462 g/mol. The van der Waals surface area contributed by atoms with Crippen molar-refractivity contribution >= 4 is 34.9 Å². The first kappa shape index (κ1) is 22.4. The van der Waals surface area contributed by atoms with E-state index in [2.05, 4.69) is 43.6 Å². The molecule has 1 aliphatic heterocycles. The Hall–Kier alpha value is -3.80. The van der Waals surface area contributed by atoms with Crippen LogP contribution in [0.1, 0.15) is 11.1 Å². The van der Waals surface area contributed by atoms with E-state index >= 15 is 0 Å². The summed E-state index contributed by atoms with van der Waals surface area (Å²) < 4.78 is 0. The van der Waals surface area contributed by atoms with Crippen LogP contribution in [0.15, 0.2) is 42.5 Å². The number of hydrogen-bond acceptors (Lipinski definition) is 7. The summed E-state index contributed by atoms with van der Waals surface area (Å²) in [4.78, 5) is 6.98. The molecule has 2 aromatic heterocycles. The zero-order valence-electron chi connectivity index (χ0n) is 18.1. The third kappa shape index (κ3) is 3.93. The average Bonchev–Trinajstić information content (AvgIpc) is 3.20. The summed E-state index contributed by atoms with van der Waals surface area (Å²) in [5.74, 6) is 0.569. The number of aromatic nitrogens is 3. The Bertz CT molecular complexity index is 1350. The van der Waals surface area contributed by atoms with E-state index in [-0.39, 0.29) is 18.2 Å². The normalized spacial score (nSPS) is 13.5. The van der Waals surface area contributed by atoms with Crippen molar-refractivity contribution in [2.24, 2.45) is 0 Å². The number of anilines is 2. The molecule has 0 amide bonds. The molecule has 33 heavy (non-hydrogen) atoms.